The molecule has 1 heterocycles. The second kappa shape index (κ2) is 6.00. The summed E-state index contributed by atoms with van der Waals surface area (Å²) < 4.78 is 26.2. The molecule has 2 rings (SSSR count). The molecule has 0 radical (unpaired) electrons. The molecule has 1 saturated heterocycles. The van der Waals surface area contributed by atoms with Crippen LogP contribution in [0.25, 0.3) is 0 Å². The maximum atomic E-state index is 13.2. The minimum Gasteiger partial charge on any atom is -0.292 e. The Morgan fingerprint density at radius 2 is 1.95 bits per heavy atom. The van der Waals surface area contributed by atoms with Gasteiger partial charge in [-0.1, -0.05) is 6.92 Å². The van der Waals surface area contributed by atoms with E-state index in [9.17, 15) is 13.6 Å². The molecule has 1 aromatic rings. The topological polar surface area (TPSA) is 20.3 Å². The molecule has 110 valence electrons. The summed E-state index contributed by atoms with van der Waals surface area (Å²) in [6, 6.07) is 3.40. The summed E-state index contributed by atoms with van der Waals surface area (Å²) >= 11 is 0. The van der Waals surface area contributed by atoms with Crippen molar-refractivity contribution in [3.63, 3.8) is 0 Å². The smallest absolute Gasteiger partial charge is 0.179 e. The highest BCUT2D eigenvalue weighted by Gasteiger charge is 2.31. The van der Waals surface area contributed by atoms with Crippen LogP contribution in [0.2, 0.25) is 0 Å². The maximum absolute atomic E-state index is 13.2. The Kier molecular flexibility index (Phi) is 4.53. The molecule has 3 atom stereocenters. The Morgan fingerprint density at radius 1 is 1.25 bits per heavy atom. The lowest BCUT2D eigenvalue weighted by atomic mass is 9.92. The van der Waals surface area contributed by atoms with Gasteiger partial charge in [-0.25, -0.2) is 8.78 Å². The first-order chi connectivity index (χ1) is 9.40. The second-order valence-electron chi connectivity index (χ2n) is 5.90. The summed E-state index contributed by atoms with van der Waals surface area (Å²) in [4.78, 5) is 14.6. The number of carbonyl (C=O) groups is 1. The summed E-state index contributed by atoms with van der Waals surface area (Å²) in [6.07, 6.45) is 2.24. The number of piperidine rings is 1. The minimum atomic E-state index is -0.969. The Balaban J connectivity index is 2.16. The van der Waals surface area contributed by atoms with Gasteiger partial charge in [-0.15, -0.1) is 0 Å². The van der Waals surface area contributed by atoms with Gasteiger partial charge in [-0.05, 0) is 50.8 Å². The van der Waals surface area contributed by atoms with Gasteiger partial charge in [0.25, 0.3) is 0 Å². The zero-order valence-corrected chi connectivity index (χ0v) is 12.2. The monoisotopic (exact) mass is 281 g/mol. The van der Waals surface area contributed by atoms with Crippen molar-refractivity contribution in [1.82, 2.24) is 4.90 Å². The molecule has 0 bridgehead atoms. The van der Waals surface area contributed by atoms with E-state index in [0.717, 1.165) is 25.1 Å². The molecule has 1 aliphatic heterocycles. The highest BCUT2D eigenvalue weighted by atomic mass is 19.2. The summed E-state index contributed by atoms with van der Waals surface area (Å²) in [5, 5.41) is 0. The van der Waals surface area contributed by atoms with Gasteiger partial charge in [0.15, 0.2) is 17.4 Å². The van der Waals surface area contributed by atoms with Crippen LogP contribution in [-0.2, 0) is 0 Å². The zero-order chi connectivity index (χ0) is 14.9. The molecule has 1 fully saturated rings. The first-order valence-corrected chi connectivity index (χ1v) is 7.15. The number of nitrogens with zero attached hydrogens (tertiary/aromatic N) is 1. The van der Waals surface area contributed by atoms with E-state index in [1.54, 1.807) is 0 Å². The quantitative estimate of drug-likeness (QED) is 0.788. The maximum Gasteiger partial charge on any atom is 0.179 e. The predicted octanol–water partition coefficient (Wildman–Crippen LogP) is 3.66. The molecule has 1 aromatic carbocycles. The Morgan fingerprint density at radius 3 is 2.60 bits per heavy atom. The SMILES string of the molecule is CC1CCC(C)N(C(C)C(=O)c2ccc(F)c(F)c2)C1. The summed E-state index contributed by atoms with van der Waals surface area (Å²) in [5.74, 6) is -1.48. The van der Waals surface area contributed by atoms with Crippen molar-refractivity contribution in [2.24, 2.45) is 5.92 Å². The Hall–Kier alpha value is -1.29. The molecule has 0 N–H and O–H groups in total. The molecule has 0 saturated carbocycles. The molecule has 0 amide bonds. The largest absolute Gasteiger partial charge is 0.292 e. The lowest BCUT2D eigenvalue weighted by Gasteiger charge is -2.40. The molecule has 3 unspecified atom stereocenters. The lowest BCUT2D eigenvalue weighted by molar-refractivity contribution is 0.0607. The average Bonchev–Trinajstić information content (AvgIpc) is 2.43. The van der Waals surface area contributed by atoms with Crippen LogP contribution in [0.1, 0.15) is 44.0 Å². The summed E-state index contributed by atoms with van der Waals surface area (Å²) in [6.45, 7) is 7.00. The van der Waals surface area contributed by atoms with E-state index in [2.05, 4.69) is 18.7 Å². The van der Waals surface area contributed by atoms with Gasteiger partial charge in [-0.3, -0.25) is 9.69 Å². The molecular formula is C16H21F2NO. The number of ketones is 1. The first-order valence-electron chi connectivity index (χ1n) is 7.15. The third kappa shape index (κ3) is 3.06. The average molecular weight is 281 g/mol. The van der Waals surface area contributed by atoms with Gasteiger partial charge in [0.1, 0.15) is 0 Å². The van der Waals surface area contributed by atoms with Crippen LogP contribution in [0, 0.1) is 17.6 Å². The number of benzene rings is 1. The fourth-order valence-electron chi connectivity index (χ4n) is 2.90. The van der Waals surface area contributed by atoms with E-state index in [-0.39, 0.29) is 17.4 Å². The fourth-order valence-corrected chi connectivity index (χ4v) is 2.90. The summed E-state index contributed by atoms with van der Waals surface area (Å²) in [5.41, 5.74) is 0.238. The van der Waals surface area contributed by atoms with E-state index < -0.39 is 11.6 Å². The van der Waals surface area contributed by atoms with E-state index >= 15 is 0 Å². The molecular weight excluding hydrogens is 260 g/mol. The number of hydrogen-bond donors (Lipinski definition) is 0. The number of hydrogen-bond acceptors (Lipinski definition) is 2. The third-order valence-corrected chi connectivity index (χ3v) is 4.25. The normalized spacial score (nSPS) is 25.4. The van der Waals surface area contributed by atoms with E-state index in [0.29, 0.717) is 12.0 Å². The molecule has 1 aliphatic rings. The molecule has 2 nitrogen and oxygen atoms in total. The van der Waals surface area contributed by atoms with Gasteiger partial charge >= 0.3 is 0 Å². The number of likely N-dealkylation sites (tertiary alicyclic amines) is 1. The van der Waals surface area contributed by atoms with Crippen molar-refractivity contribution in [2.45, 2.75) is 45.7 Å². The van der Waals surface area contributed by atoms with Gasteiger partial charge in [0.2, 0.25) is 0 Å². The van der Waals surface area contributed by atoms with Crippen molar-refractivity contribution in [3.8, 4) is 0 Å². The zero-order valence-electron chi connectivity index (χ0n) is 12.2. The standard InChI is InChI=1S/C16H21F2NO/c1-10-4-5-11(2)19(9-10)12(3)16(20)13-6-7-14(17)15(18)8-13/h6-8,10-12H,4-5,9H2,1-3H3. The lowest BCUT2D eigenvalue weighted by Crippen LogP contribution is -2.49. The molecule has 0 aromatic heterocycles. The van der Waals surface area contributed by atoms with Crippen LogP contribution in [0.4, 0.5) is 8.78 Å². The Bertz CT molecular complexity index is 503. The van der Waals surface area contributed by atoms with Crippen molar-refractivity contribution in [3.05, 3.63) is 35.4 Å². The van der Waals surface area contributed by atoms with Crippen LogP contribution in [0.15, 0.2) is 18.2 Å². The second-order valence-corrected chi connectivity index (χ2v) is 5.90. The van der Waals surface area contributed by atoms with E-state index in [1.807, 2.05) is 6.92 Å². The molecule has 0 spiro atoms. The van der Waals surface area contributed by atoms with Crippen molar-refractivity contribution < 1.29 is 13.6 Å². The van der Waals surface area contributed by atoms with E-state index in [4.69, 9.17) is 0 Å². The predicted molar refractivity (Wildman–Crippen MR) is 74.7 cm³/mol. The Labute approximate surface area is 118 Å². The molecule has 4 heteroatoms. The third-order valence-electron chi connectivity index (χ3n) is 4.25. The first kappa shape index (κ1) is 15.1. The fraction of sp³-hybridized carbons (Fsp3) is 0.562. The number of Topliss-reactive ketones (excluding diaryl/α,β-unsaturated/α-hetero) is 1. The number of carbonyl (C=O) groups excluding carboxylic acids is 1. The van der Waals surface area contributed by atoms with Crippen LogP contribution in [-0.4, -0.2) is 29.3 Å². The number of halogens is 2. The highest BCUT2D eigenvalue weighted by Crippen LogP contribution is 2.25. The highest BCUT2D eigenvalue weighted by molar-refractivity contribution is 5.99. The van der Waals surface area contributed by atoms with Crippen molar-refractivity contribution in [1.29, 1.82) is 0 Å². The van der Waals surface area contributed by atoms with Crippen LogP contribution in [0.3, 0.4) is 0 Å². The molecule has 20 heavy (non-hydrogen) atoms. The van der Waals surface area contributed by atoms with Crippen LogP contribution in [0.5, 0.6) is 0 Å². The van der Waals surface area contributed by atoms with Crippen molar-refractivity contribution >= 4 is 5.78 Å². The van der Waals surface area contributed by atoms with Gasteiger partial charge in [0.05, 0.1) is 6.04 Å². The summed E-state index contributed by atoms with van der Waals surface area (Å²) in [7, 11) is 0. The molecule has 0 aliphatic carbocycles. The van der Waals surface area contributed by atoms with Crippen LogP contribution >= 0.6 is 0 Å². The van der Waals surface area contributed by atoms with Gasteiger partial charge < -0.3 is 0 Å². The van der Waals surface area contributed by atoms with Crippen molar-refractivity contribution in [2.75, 3.05) is 6.54 Å². The van der Waals surface area contributed by atoms with Gasteiger partial charge in [0, 0.05) is 18.2 Å². The van der Waals surface area contributed by atoms with E-state index in [1.165, 1.54) is 12.5 Å². The minimum absolute atomic E-state index is 0.148. The number of rotatable bonds is 3. The van der Waals surface area contributed by atoms with Crippen LogP contribution < -0.4 is 0 Å². The van der Waals surface area contributed by atoms with Gasteiger partial charge in [-0.2, -0.15) is 0 Å².